The van der Waals surface area contributed by atoms with Crippen LogP contribution in [-0.4, -0.2) is 34.3 Å². The Labute approximate surface area is 131 Å². The molecule has 0 saturated heterocycles. The molecule has 122 valence electrons. The number of hydrogen-bond donors (Lipinski definition) is 1. The van der Waals surface area contributed by atoms with E-state index in [9.17, 15) is 9.59 Å². The number of aromatic nitrogens is 1. The highest BCUT2D eigenvalue weighted by atomic mass is 16.6. The van der Waals surface area contributed by atoms with Crippen molar-refractivity contribution < 1.29 is 19.4 Å². The molecule has 6 heteroatoms. The number of carbonyl (C=O) groups excluding carboxylic acids is 1. The van der Waals surface area contributed by atoms with Crippen LogP contribution >= 0.6 is 0 Å². The highest BCUT2D eigenvalue weighted by molar-refractivity contribution is 5.86. The largest absolute Gasteiger partial charge is 0.481 e. The molecule has 0 saturated carbocycles. The van der Waals surface area contributed by atoms with E-state index in [1.807, 2.05) is 13.0 Å². The molecule has 0 aliphatic heterocycles. The van der Waals surface area contributed by atoms with Gasteiger partial charge in [-0.15, -0.1) is 0 Å². The maximum Gasteiger partial charge on any atom is 0.416 e. The van der Waals surface area contributed by atoms with E-state index in [2.05, 4.69) is 4.98 Å². The van der Waals surface area contributed by atoms with Crippen molar-refractivity contribution in [2.45, 2.75) is 52.6 Å². The molecule has 0 aromatic carbocycles. The van der Waals surface area contributed by atoms with E-state index >= 15 is 0 Å². The summed E-state index contributed by atoms with van der Waals surface area (Å²) >= 11 is 0. The Hall–Kier alpha value is -2.11. The fourth-order valence-corrected chi connectivity index (χ4v) is 1.83. The minimum absolute atomic E-state index is 0.0867. The molecule has 1 N–H and O–H groups in total. The summed E-state index contributed by atoms with van der Waals surface area (Å²) in [4.78, 5) is 28.6. The monoisotopic (exact) mass is 308 g/mol. The molecule has 1 rings (SSSR count). The zero-order valence-corrected chi connectivity index (χ0v) is 13.6. The van der Waals surface area contributed by atoms with Gasteiger partial charge in [-0.2, -0.15) is 0 Å². The SMILES string of the molecule is Cc1ccnc(N(CCCCC(=O)O)C(=O)OC(C)(C)C)c1. The first-order chi connectivity index (χ1) is 10.2. The molecular formula is C16H24N2O4. The molecule has 0 spiro atoms. The number of carbonyl (C=O) groups is 2. The number of anilines is 1. The van der Waals surface area contributed by atoms with Crippen LogP contribution in [0.15, 0.2) is 18.3 Å². The summed E-state index contributed by atoms with van der Waals surface area (Å²) in [5, 5.41) is 8.68. The van der Waals surface area contributed by atoms with Crippen molar-refractivity contribution in [3.63, 3.8) is 0 Å². The van der Waals surface area contributed by atoms with Crippen LogP contribution in [0.4, 0.5) is 10.6 Å². The minimum atomic E-state index is -0.836. The van der Waals surface area contributed by atoms with Gasteiger partial charge in [0.2, 0.25) is 0 Å². The Morgan fingerprint density at radius 1 is 1.32 bits per heavy atom. The van der Waals surface area contributed by atoms with Crippen molar-refractivity contribution >= 4 is 17.9 Å². The lowest BCUT2D eigenvalue weighted by Crippen LogP contribution is -2.38. The average molecular weight is 308 g/mol. The number of carboxylic acid groups (broad SMARTS) is 1. The fourth-order valence-electron chi connectivity index (χ4n) is 1.83. The number of aliphatic carboxylic acids is 1. The molecule has 0 unspecified atom stereocenters. The standard InChI is InChI=1S/C16H24N2O4/c1-12-8-9-17-13(11-12)18(10-6-5-7-14(19)20)15(21)22-16(2,3)4/h8-9,11H,5-7,10H2,1-4H3,(H,19,20). The summed E-state index contributed by atoms with van der Waals surface area (Å²) in [7, 11) is 0. The molecule has 0 aliphatic carbocycles. The highest BCUT2D eigenvalue weighted by Gasteiger charge is 2.24. The number of unbranched alkanes of at least 4 members (excludes halogenated alkanes) is 1. The van der Waals surface area contributed by atoms with Crippen molar-refractivity contribution in [3.8, 4) is 0 Å². The van der Waals surface area contributed by atoms with Crippen molar-refractivity contribution in [1.29, 1.82) is 0 Å². The van der Waals surface area contributed by atoms with Crippen LogP contribution in [0.25, 0.3) is 0 Å². The van der Waals surface area contributed by atoms with E-state index in [1.54, 1.807) is 33.0 Å². The molecule has 0 radical (unpaired) electrons. The van der Waals surface area contributed by atoms with Crippen LogP contribution in [0.1, 0.15) is 45.6 Å². The Bertz CT molecular complexity index is 523. The Morgan fingerprint density at radius 3 is 2.55 bits per heavy atom. The van der Waals surface area contributed by atoms with Gasteiger partial charge in [-0.25, -0.2) is 9.78 Å². The molecular weight excluding hydrogens is 284 g/mol. The van der Waals surface area contributed by atoms with Gasteiger partial charge >= 0.3 is 12.1 Å². The summed E-state index contributed by atoms with van der Waals surface area (Å²) in [6, 6.07) is 3.66. The smallest absolute Gasteiger partial charge is 0.416 e. The van der Waals surface area contributed by atoms with Gasteiger partial charge in [0.25, 0.3) is 0 Å². The molecule has 1 aromatic rings. The van der Waals surface area contributed by atoms with Gasteiger partial charge in [-0.1, -0.05) is 0 Å². The summed E-state index contributed by atoms with van der Waals surface area (Å²) in [5.41, 5.74) is 0.393. The van der Waals surface area contributed by atoms with Crippen LogP contribution in [0.3, 0.4) is 0 Å². The van der Waals surface area contributed by atoms with Gasteiger partial charge in [0.1, 0.15) is 11.4 Å². The summed E-state index contributed by atoms with van der Waals surface area (Å²) in [6.45, 7) is 7.70. The molecule has 0 fully saturated rings. The van der Waals surface area contributed by atoms with Crippen molar-refractivity contribution in [3.05, 3.63) is 23.9 Å². The van der Waals surface area contributed by atoms with Gasteiger partial charge in [-0.05, 0) is 58.2 Å². The molecule has 0 aliphatic rings. The first kappa shape index (κ1) is 17.9. The number of aryl methyl sites for hydroxylation is 1. The van der Waals surface area contributed by atoms with Crippen molar-refractivity contribution in [2.75, 3.05) is 11.4 Å². The number of hydrogen-bond acceptors (Lipinski definition) is 4. The van der Waals surface area contributed by atoms with Gasteiger partial charge < -0.3 is 9.84 Å². The maximum absolute atomic E-state index is 12.3. The molecule has 22 heavy (non-hydrogen) atoms. The summed E-state index contributed by atoms with van der Waals surface area (Å²) < 4.78 is 5.40. The predicted molar refractivity (Wildman–Crippen MR) is 84.0 cm³/mol. The Kier molecular flexibility index (Phi) is 6.34. The van der Waals surface area contributed by atoms with Crippen molar-refractivity contribution in [1.82, 2.24) is 4.98 Å². The maximum atomic E-state index is 12.3. The van der Waals surface area contributed by atoms with E-state index in [0.29, 0.717) is 25.2 Å². The second-order valence-electron chi connectivity index (χ2n) is 6.17. The number of ether oxygens (including phenoxy) is 1. The number of nitrogens with zero attached hydrogens (tertiary/aromatic N) is 2. The lowest BCUT2D eigenvalue weighted by molar-refractivity contribution is -0.137. The first-order valence-corrected chi connectivity index (χ1v) is 7.34. The van der Waals surface area contributed by atoms with Crippen LogP contribution in [0.5, 0.6) is 0 Å². The Morgan fingerprint density at radius 2 is 2.00 bits per heavy atom. The first-order valence-electron chi connectivity index (χ1n) is 7.34. The van der Waals surface area contributed by atoms with E-state index in [-0.39, 0.29) is 6.42 Å². The van der Waals surface area contributed by atoms with Gasteiger partial charge in [-0.3, -0.25) is 9.69 Å². The third kappa shape index (κ3) is 6.56. The second kappa shape index (κ2) is 7.77. The van der Waals surface area contributed by atoms with Crippen LogP contribution < -0.4 is 4.90 Å². The van der Waals surface area contributed by atoms with Gasteiger partial charge in [0.15, 0.2) is 0 Å². The minimum Gasteiger partial charge on any atom is -0.481 e. The lowest BCUT2D eigenvalue weighted by atomic mass is 10.2. The third-order valence-electron chi connectivity index (χ3n) is 2.81. The fraction of sp³-hybridized carbons (Fsp3) is 0.562. The number of carboxylic acids is 1. The van der Waals surface area contributed by atoms with Gasteiger partial charge in [0.05, 0.1) is 0 Å². The normalized spacial score (nSPS) is 11.1. The third-order valence-corrected chi connectivity index (χ3v) is 2.81. The highest BCUT2D eigenvalue weighted by Crippen LogP contribution is 2.18. The summed E-state index contributed by atoms with van der Waals surface area (Å²) in [5.74, 6) is -0.318. The average Bonchev–Trinajstić information content (AvgIpc) is 2.36. The number of rotatable bonds is 6. The van der Waals surface area contributed by atoms with Crippen LogP contribution in [-0.2, 0) is 9.53 Å². The lowest BCUT2D eigenvalue weighted by Gasteiger charge is -2.27. The molecule has 1 aromatic heterocycles. The van der Waals surface area contributed by atoms with E-state index in [0.717, 1.165) is 5.56 Å². The summed E-state index contributed by atoms with van der Waals surface area (Å²) in [6.07, 6.45) is 2.32. The predicted octanol–water partition coefficient (Wildman–Crippen LogP) is 3.39. The molecule has 0 atom stereocenters. The topological polar surface area (TPSA) is 79.7 Å². The van der Waals surface area contributed by atoms with Gasteiger partial charge in [0, 0.05) is 19.2 Å². The molecule has 1 amide bonds. The zero-order valence-electron chi connectivity index (χ0n) is 13.6. The quantitative estimate of drug-likeness (QED) is 0.815. The van der Waals surface area contributed by atoms with E-state index in [4.69, 9.17) is 9.84 Å². The van der Waals surface area contributed by atoms with Crippen LogP contribution in [0, 0.1) is 6.92 Å². The molecule has 0 bridgehead atoms. The van der Waals surface area contributed by atoms with Crippen LogP contribution in [0.2, 0.25) is 0 Å². The van der Waals surface area contributed by atoms with Crippen molar-refractivity contribution in [2.24, 2.45) is 0 Å². The molecule has 6 nitrogen and oxygen atoms in total. The zero-order chi connectivity index (χ0) is 16.8. The number of pyridine rings is 1. The second-order valence-corrected chi connectivity index (χ2v) is 6.17. The van der Waals surface area contributed by atoms with E-state index in [1.165, 1.54) is 4.90 Å². The van der Waals surface area contributed by atoms with E-state index < -0.39 is 17.7 Å². The Balaban J connectivity index is 2.81. The molecule has 1 heterocycles. The number of amides is 1.